The smallest absolute Gasteiger partial charge is 0.131 e. The second kappa shape index (κ2) is 6.07. The summed E-state index contributed by atoms with van der Waals surface area (Å²) in [5, 5.41) is 4.45. The van der Waals surface area contributed by atoms with E-state index < -0.39 is 0 Å². The van der Waals surface area contributed by atoms with Gasteiger partial charge < -0.3 is 0 Å². The van der Waals surface area contributed by atoms with Crippen LogP contribution in [-0.2, 0) is 0 Å². The topological polar surface area (TPSA) is 26.5 Å². The van der Waals surface area contributed by atoms with Crippen LogP contribution < -0.4 is 5.32 Å². The maximum atomic E-state index is 4.55. The highest BCUT2D eigenvalue weighted by Crippen LogP contribution is 2.24. The molecule has 0 aromatic rings. The highest BCUT2D eigenvalue weighted by atomic mass is 15.0. The third-order valence-electron chi connectivity index (χ3n) is 3.64. The van der Waals surface area contributed by atoms with Crippen LogP contribution in [0.15, 0.2) is 16.9 Å². The van der Waals surface area contributed by atoms with Gasteiger partial charge in [-0.25, -0.2) is 10.3 Å². The van der Waals surface area contributed by atoms with Gasteiger partial charge in [0.2, 0.25) is 0 Å². The molecule has 0 amide bonds. The van der Waals surface area contributed by atoms with Crippen LogP contribution in [0.2, 0.25) is 0 Å². The van der Waals surface area contributed by atoms with E-state index in [0.29, 0.717) is 5.92 Å². The molecule has 89 valence electrons. The molecular weight excluding hydrogens is 196 g/mol. The molecule has 1 aliphatic carbocycles. The first-order valence-corrected chi connectivity index (χ1v) is 6.82. The zero-order valence-electron chi connectivity index (χ0n) is 10.4. The fraction of sp³-hybridized carbons (Fsp3) is 0.786. The minimum absolute atomic E-state index is 0.631. The van der Waals surface area contributed by atoms with Crippen molar-refractivity contribution in [2.45, 2.75) is 64.7 Å². The van der Waals surface area contributed by atoms with Crippen LogP contribution >= 0.6 is 0 Å². The predicted octanol–water partition coefficient (Wildman–Crippen LogP) is 4.00. The lowest BCUT2D eigenvalue weighted by atomic mass is 9.91. The quantitative estimate of drug-likeness (QED) is 0.637. The summed E-state index contributed by atoms with van der Waals surface area (Å²) in [6.45, 7) is 2.04. The van der Waals surface area contributed by atoms with Gasteiger partial charge in [0.15, 0.2) is 0 Å². The lowest BCUT2D eigenvalue weighted by molar-refractivity contribution is 0.456. The second-order valence-electron chi connectivity index (χ2n) is 5.12. The summed E-state index contributed by atoms with van der Waals surface area (Å²) >= 11 is 0. The summed E-state index contributed by atoms with van der Waals surface area (Å²) < 4.78 is 0. The van der Waals surface area contributed by atoms with Crippen molar-refractivity contribution in [2.75, 3.05) is 0 Å². The lowest BCUT2D eigenvalue weighted by Gasteiger charge is -2.17. The highest BCUT2D eigenvalue weighted by molar-refractivity contribution is 5.87. The lowest BCUT2D eigenvalue weighted by Crippen LogP contribution is -2.20. The standard InChI is InChI=1S/C14H23N2/c1-12-11-15-14(16-12)13-9-7-5-3-2-4-6-8-10-13/h11,13H,2-10H2,1H3. The third-order valence-corrected chi connectivity index (χ3v) is 3.64. The van der Waals surface area contributed by atoms with Gasteiger partial charge in [-0.2, -0.15) is 0 Å². The van der Waals surface area contributed by atoms with Crippen molar-refractivity contribution in [1.82, 2.24) is 5.32 Å². The van der Waals surface area contributed by atoms with E-state index in [1.165, 1.54) is 57.8 Å². The zero-order chi connectivity index (χ0) is 11.2. The van der Waals surface area contributed by atoms with Crippen LogP contribution in [0.4, 0.5) is 0 Å². The van der Waals surface area contributed by atoms with E-state index in [2.05, 4.69) is 10.3 Å². The van der Waals surface area contributed by atoms with Crippen molar-refractivity contribution in [3.63, 3.8) is 0 Å². The fourth-order valence-electron chi connectivity index (χ4n) is 2.66. The van der Waals surface area contributed by atoms with Gasteiger partial charge in [0.1, 0.15) is 5.84 Å². The average molecular weight is 219 g/mol. The minimum Gasteiger partial charge on any atom is -0.239 e. The first-order chi connectivity index (χ1) is 7.86. The Labute approximate surface area is 99.2 Å². The first kappa shape index (κ1) is 11.7. The van der Waals surface area contributed by atoms with Gasteiger partial charge in [-0.05, 0) is 19.8 Å². The number of rotatable bonds is 1. The molecule has 0 unspecified atom stereocenters. The Morgan fingerprint density at radius 3 is 2.00 bits per heavy atom. The monoisotopic (exact) mass is 219 g/mol. The summed E-state index contributed by atoms with van der Waals surface area (Å²) in [5.74, 6) is 1.74. The van der Waals surface area contributed by atoms with E-state index >= 15 is 0 Å². The van der Waals surface area contributed by atoms with Crippen LogP contribution in [0.25, 0.3) is 0 Å². The first-order valence-electron chi connectivity index (χ1n) is 6.82. The molecule has 0 N–H and O–H groups in total. The van der Waals surface area contributed by atoms with Crippen molar-refractivity contribution in [2.24, 2.45) is 10.9 Å². The summed E-state index contributed by atoms with van der Waals surface area (Å²) in [7, 11) is 0. The van der Waals surface area contributed by atoms with E-state index in [-0.39, 0.29) is 0 Å². The molecule has 1 saturated carbocycles. The Hall–Kier alpha value is -0.790. The number of hydrogen-bond acceptors (Lipinski definition) is 1. The molecule has 2 nitrogen and oxygen atoms in total. The van der Waals surface area contributed by atoms with Crippen molar-refractivity contribution in [3.8, 4) is 0 Å². The number of aliphatic imine (C=N–C) groups is 1. The van der Waals surface area contributed by atoms with Crippen LogP contribution in [0.1, 0.15) is 64.7 Å². The number of allylic oxidation sites excluding steroid dienone is 1. The van der Waals surface area contributed by atoms with Crippen molar-refractivity contribution >= 4 is 5.84 Å². The molecule has 1 fully saturated rings. The second-order valence-corrected chi connectivity index (χ2v) is 5.12. The summed E-state index contributed by atoms with van der Waals surface area (Å²) in [5.41, 5.74) is 1.08. The Morgan fingerprint density at radius 2 is 1.50 bits per heavy atom. The van der Waals surface area contributed by atoms with Crippen LogP contribution in [0, 0.1) is 5.92 Å². The molecule has 0 atom stereocenters. The van der Waals surface area contributed by atoms with Crippen LogP contribution in [-0.4, -0.2) is 5.84 Å². The molecule has 0 aromatic heterocycles. The van der Waals surface area contributed by atoms with Crippen molar-refractivity contribution in [3.05, 3.63) is 11.9 Å². The largest absolute Gasteiger partial charge is 0.239 e. The molecule has 16 heavy (non-hydrogen) atoms. The van der Waals surface area contributed by atoms with Gasteiger partial charge in [-0.1, -0.05) is 44.9 Å². The van der Waals surface area contributed by atoms with E-state index in [1.54, 1.807) is 0 Å². The zero-order valence-corrected chi connectivity index (χ0v) is 10.4. The predicted molar refractivity (Wildman–Crippen MR) is 68.4 cm³/mol. The van der Waals surface area contributed by atoms with Gasteiger partial charge in [-0.3, -0.25) is 0 Å². The molecule has 0 bridgehead atoms. The molecule has 0 spiro atoms. The van der Waals surface area contributed by atoms with Crippen LogP contribution in [0.5, 0.6) is 0 Å². The average Bonchev–Trinajstić information content (AvgIpc) is 2.72. The number of amidine groups is 1. The Kier molecular flexibility index (Phi) is 4.44. The highest BCUT2D eigenvalue weighted by Gasteiger charge is 2.19. The van der Waals surface area contributed by atoms with E-state index in [1.807, 2.05) is 13.1 Å². The molecule has 0 aromatic carbocycles. The number of nitrogens with zero attached hydrogens (tertiary/aromatic N) is 2. The van der Waals surface area contributed by atoms with E-state index in [4.69, 9.17) is 0 Å². The summed E-state index contributed by atoms with van der Waals surface area (Å²) in [4.78, 5) is 4.55. The molecule has 1 heterocycles. The van der Waals surface area contributed by atoms with Crippen molar-refractivity contribution < 1.29 is 0 Å². The molecule has 2 rings (SSSR count). The van der Waals surface area contributed by atoms with Gasteiger partial charge in [0, 0.05) is 5.92 Å². The Balaban J connectivity index is 1.88. The molecule has 1 aliphatic heterocycles. The Bertz CT molecular complexity index is 268. The third kappa shape index (κ3) is 3.36. The fourth-order valence-corrected chi connectivity index (χ4v) is 2.66. The molecular formula is C14H23N2. The number of hydrogen-bond donors (Lipinski definition) is 0. The maximum Gasteiger partial charge on any atom is 0.131 e. The summed E-state index contributed by atoms with van der Waals surface area (Å²) in [6, 6.07) is 0. The molecule has 2 aliphatic rings. The molecule has 2 heteroatoms. The van der Waals surface area contributed by atoms with E-state index in [9.17, 15) is 0 Å². The van der Waals surface area contributed by atoms with Crippen LogP contribution in [0.3, 0.4) is 0 Å². The Morgan fingerprint density at radius 1 is 0.938 bits per heavy atom. The normalized spacial score (nSPS) is 24.6. The minimum atomic E-state index is 0.631. The van der Waals surface area contributed by atoms with E-state index in [0.717, 1.165) is 11.5 Å². The van der Waals surface area contributed by atoms with Gasteiger partial charge in [0.25, 0.3) is 0 Å². The SMILES string of the molecule is CC1=C[N]C(C2CCCCCCCCC2)=N1. The van der Waals surface area contributed by atoms with Gasteiger partial charge in [-0.15, -0.1) is 0 Å². The van der Waals surface area contributed by atoms with Crippen molar-refractivity contribution in [1.29, 1.82) is 0 Å². The molecule has 0 saturated heterocycles. The maximum absolute atomic E-state index is 4.55. The summed E-state index contributed by atoms with van der Waals surface area (Å²) in [6.07, 6.45) is 14.3. The van der Waals surface area contributed by atoms with Gasteiger partial charge in [0.05, 0.1) is 11.9 Å². The molecule has 1 radical (unpaired) electrons. The van der Waals surface area contributed by atoms with Gasteiger partial charge >= 0.3 is 0 Å².